The Morgan fingerprint density at radius 3 is 2.43 bits per heavy atom. The molecule has 2 fully saturated rings. The summed E-state index contributed by atoms with van der Waals surface area (Å²) >= 11 is 0. The average molecular weight is 421 g/mol. The predicted molar refractivity (Wildman–Crippen MR) is 113 cm³/mol. The van der Waals surface area contributed by atoms with Gasteiger partial charge >= 0.3 is 12.1 Å². The van der Waals surface area contributed by atoms with E-state index in [0.717, 1.165) is 42.9 Å². The normalized spacial score (nSPS) is 22.5. The van der Waals surface area contributed by atoms with Crippen LogP contribution in [-0.4, -0.2) is 34.5 Å². The van der Waals surface area contributed by atoms with Crippen LogP contribution in [0.5, 0.6) is 0 Å². The molecule has 2 N–H and O–H groups in total. The molecule has 2 aliphatic carbocycles. The number of hydrogen-bond acceptors (Lipinski definition) is 5. The van der Waals surface area contributed by atoms with E-state index in [4.69, 9.17) is 9.26 Å². The highest BCUT2D eigenvalue weighted by molar-refractivity contribution is 5.69. The zero-order valence-corrected chi connectivity index (χ0v) is 18.9. The Kier molecular flexibility index (Phi) is 6.78. The summed E-state index contributed by atoms with van der Waals surface area (Å²) in [5.74, 6) is 1.83. The SMILES string of the molecule is CC(C)CC1CC(c2onc([C@@H](CNC(=O)OC(C)(C)C)CC(=O)O)c2C2CC2)C1. The van der Waals surface area contributed by atoms with Crippen molar-refractivity contribution in [2.75, 3.05) is 6.54 Å². The number of hydrogen-bond donors (Lipinski definition) is 2. The summed E-state index contributed by atoms with van der Waals surface area (Å²) in [5, 5.41) is 16.5. The molecule has 7 nitrogen and oxygen atoms in total. The van der Waals surface area contributed by atoms with Crippen LogP contribution in [0.4, 0.5) is 4.79 Å². The zero-order valence-electron chi connectivity index (χ0n) is 18.9. The fraction of sp³-hybridized carbons (Fsp3) is 0.783. The fourth-order valence-electron chi connectivity index (χ4n) is 4.50. The summed E-state index contributed by atoms with van der Waals surface area (Å²) in [6, 6.07) is 0. The first-order chi connectivity index (χ1) is 14.0. The molecule has 0 saturated heterocycles. The average Bonchev–Trinajstić information content (AvgIpc) is 3.31. The van der Waals surface area contributed by atoms with Gasteiger partial charge in [0.15, 0.2) is 0 Å². The third-order valence-corrected chi connectivity index (χ3v) is 5.88. The Labute approximate surface area is 178 Å². The highest BCUT2D eigenvalue weighted by Crippen LogP contribution is 2.52. The molecule has 3 rings (SSSR count). The van der Waals surface area contributed by atoms with Crippen molar-refractivity contribution in [2.24, 2.45) is 11.8 Å². The van der Waals surface area contributed by atoms with Gasteiger partial charge in [-0.3, -0.25) is 4.79 Å². The maximum Gasteiger partial charge on any atom is 0.407 e. The molecule has 0 radical (unpaired) electrons. The number of amides is 1. The molecule has 2 aliphatic rings. The van der Waals surface area contributed by atoms with E-state index in [0.29, 0.717) is 23.4 Å². The first kappa shape index (κ1) is 22.6. The van der Waals surface area contributed by atoms with Crippen LogP contribution in [0.3, 0.4) is 0 Å². The molecular formula is C23H36N2O5. The van der Waals surface area contributed by atoms with E-state index < -0.39 is 23.6 Å². The van der Waals surface area contributed by atoms with Crippen molar-refractivity contribution in [3.05, 3.63) is 17.0 Å². The van der Waals surface area contributed by atoms with Crippen molar-refractivity contribution >= 4 is 12.1 Å². The van der Waals surface area contributed by atoms with E-state index in [2.05, 4.69) is 24.3 Å². The third kappa shape index (κ3) is 5.99. The zero-order chi connectivity index (χ0) is 22.1. The van der Waals surface area contributed by atoms with Crippen molar-refractivity contribution in [1.82, 2.24) is 10.5 Å². The number of carbonyl (C=O) groups excluding carboxylic acids is 1. The third-order valence-electron chi connectivity index (χ3n) is 5.88. The number of carboxylic acids is 1. The summed E-state index contributed by atoms with van der Waals surface area (Å²) in [4.78, 5) is 23.6. The van der Waals surface area contributed by atoms with Crippen molar-refractivity contribution < 1.29 is 24.0 Å². The van der Waals surface area contributed by atoms with Gasteiger partial charge < -0.3 is 19.7 Å². The van der Waals surface area contributed by atoms with Gasteiger partial charge in [-0.15, -0.1) is 0 Å². The van der Waals surface area contributed by atoms with Crippen LogP contribution < -0.4 is 5.32 Å². The lowest BCUT2D eigenvalue weighted by Crippen LogP contribution is -2.35. The Morgan fingerprint density at radius 1 is 1.23 bits per heavy atom. The van der Waals surface area contributed by atoms with Gasteiger partial charge in [0, 0.05) is 23.9 Å². The lowest BCUT2D eigenvalue weighted by atomic mass is 9.69. The molecule has 0 unspecified atom stereocenters. The number of alkyl carbamates (subject to hydrolysis) is 1. The van der Waals surface area contributed by atoms with Gasteiger partial charge in [-0.25, -0.2) is 4.79 Å². The number of carbonyl (C=O) groups is 2. The van der Waals surface area contributed by atoms with Gasteiger partial charge in [-0.1, -0.05) is 19.0 Å². The number of ether oxygens (including phenoxy) is 1. The Balaban J connectivity index is 1.73. The minimum absolute atomic E-state index is 0.109. The van der Waals surface area contributed by atoms with E-state index in [1.807, 2.05) is 0 Å². The number of aliphatic carboxylic acids is 1. The topological polar surface area (TPSA) is 102 Å². The van der Waals surface area contributed by atoms with E-state index in [1.54, 1.807) is 20.8 Å². The van der Waals surface area contributed by atoms with Gasteiger partial charge in [-0.2, -0.15) is 0 Å². The van der Waals surface area contributed by atoms with E-state index in [9.17, 15) is 14.7 Å². The molecule has 1 atom stereocenters. The second kappa shape index (κ2) is 8.98. The van der Waals surface area contributed by atoms with E-state index in [1.165, 1.54) is 6.42 Å². The van der Waals surface area contributed by atoms with Crippen LogP contribution >= 0.6 is 0 Å². The molecule has 1 aromatic heterocycles. The summed E-state index contributed by atoms with van der Waals surface area (Å²) in [5.41, 5.74) is 1.21. The maximum absolute atomic E-state index is 12.1. The van der Waals surface area contributed by atoms with Crippen LogP contribution in [0.2, 0.25) is 0 Å². The summed E-state index contributed by atoms with van der Waals surface area (Å²) in [6.45, 7) is 10.0. The minimum atomic E-state index is -0.919. The summed E-state index contributed by atoms with van der Waals surface area (Å²) in [7, 11) is 0. The van der Waals surface area contributed by atoms with E-state index >= 15 is 0 Å². The second-order valence-electron chi connectivity index (χ2n) is 10.5. The predicted octanol–water partition coefficient (Wildman–Crippen LogP) is 5.17. The van der Waals surface area contributed by atoms with Crippen LogP contribution in [0, 0.1) is 11.8 Å². The standard InChI is InChI=1S/C23H36N2O5/c1-13(2)8-14-9-16(10-14)21-19(15-6-7-15)20(25-30-21)17(11-18(26)27)12-24-22(28)29-23(3,4)5/h13-17H,6-12H2,1-5H3,(H,24,28)(H,26,27)/t14?,16?,17-/m1/s1. The first-order valence-electron chi connectivity index (χ1n) is 11.2. The number of nitrogens with zero attached hydrogens (tertiary/aromatic N) is 1. The van der Waals surface area contributed by atoms with Crippen LogP contribution in [0.15, 0.2) is 4.52 Å². The second-order valence-corrected chi connectivity index (χ2v) is 10.5. The molecule has 0 bridgehead atoms. The van der Waals surface area contributed by atoms with E-state index in [-0.39, 0.29) is 13.0 Å². The van der Waals surface area contributed by atoms with Crippen molar-refractivity contribution in [1.29, 1.82) is 0 Å². The van der Waals surface area contributed by atoms with Gasteiger partial charge in [-0.05, 0) is 70.6 Å². The Hall–Kier alpha value is -2.05. The number of carboxylic acid groups (broad SMARTS) is 1. The highest BCUT2D eigenvalue weighted by Gasteiger charge is 2.41. The quantitative estimate of drug-likeness (QED) is 0.571. The molecule has 0 aliphatic heterocycles. The molecule has 1 aromatic rings. The molecule has 0 spiro atoms. The number of aromatic nitrogens is 1. The summed E-state index contributed by atoms with van der Waals surface area (Å²) < 4.78 is 11.1. The van der Waals surface area contributed by atoms with Crippen LogP contribution in [-0.2, 0) is 9.53 Å². The first-order valence-corrected chi connectivity index (χ1v) is 11.2. The van der Waals surface area contributed by atoms with Gasteiger partial charge in [0.2, 0.25) is 0 Å². The molecule has 2 saturated carbocycles. The van der Waals surface area contributed by atoms with Crippen molar-refractivity contribution in [2.45, 2.75) is 96.5 Å². The minimum Gasteiger partial charge on any atom is -0.481 e. The molecule has 7 heteroatoms. The molecule has 1 amide bonds. The summed E-state index contributed by atoms with van der Waals surface area (Å²) in [6.07, 6.45) is 4.98. The van der Waals surface area contributed by atoms with Crippen molar-refractivity contribution in [3.8, 4) is 0 Å². The molecular weight excluding hydrogens is 384 g/mol. The lowest BCUT2D eigenvalue weighted by molar-refractivity contribution is -0.137. The Morgan fingerprint density at radius 2 is 1.90 bits per heavy atom. The Bertz CT molecular complexity index is 754. The van der Waals surface area contributed by atoms with Gasteiger partial charge in [0.05, 0.1) is 12.1 Å². The lowest BCUT2D eigenvalue weighted by Gasteiger charge is -2.35. The van der Waals surface area contributed by atoms with Gasteiger partial charge in [0.25, 0.3) is 0 Å². The highest BCUT2D eigenvalue weighted by atomic mass is 16.6. The largest absolute Gasteiger partial charge is 0.481 e. The smallest absolute Gasteiger partial charge is 0.407 e. The number of rotatable bonds is 9. The fourth-order valence-corrected chi connectivity index (χ4v) is 4.50. The van der Waals surface area contributed by atoms with Crippen molar-refractivity contribution in [3.63, 3.8) is 0 Å². The number of nitrogens with one attached hydrogen (secondary N) is 1. The van der Waals surface area contributed by atoms with Crippen LogP contribution in [0.1, 0.15) is 108 Å². The molecule has 1 heterocycles. The monoisotopic (exact) mass is 420 g/mol. The molecule has 168 valence electrons. The van der Waals surface area contributed by atoms with Crippen LogP contribution in [0.25, 0.3) is 0 Å². The van der Waals surface area contributed by atoms with Gasteiger partial charge in [0.1, 0.15) is 11.4 Å². The molecule has 30 heavy (non-hydrogen) atoms. The molecule has 0 aromatic carbocycles. The maximum atomic E-state index is 12.1.